The number of hydrogen-bond acceptors (Lipinski definition) is 3. The van der Waals surface area contributed by atoms with Gasteiger partial charge in [0.2, 0.25) is 0 Å². The second-order valence-corrected chi connectivity index (χ2v) is 13.7. The molecule has 12 heteroatoms. The van der Waals surface area contributed by atoms with Crippen molar-refractivity contribution in [1.82, 2.24) is 0 Å². The van der Waals surface area contributed by atoms with Gasteiger partial charge in [-0.25, -0.2) is 0 Å². The SMILES string of the molecule is CCCCCCCCCc1cccc(O)c1CCCCCCCCC.OP(O)(O)=S.OP(O)(O)=S.[Zn]. The summed E-state index contributed by atoms with van der Waals surface area (Å²) in [5.74, 6) is 0.520. The molecule has 1 aromatic rings. The van der Waals surface area contributed by atoms with Gasteiger partial charge in [-0.3, -0.25) is 0 Å². The van der Waals surface area contributed by atoms with Crippen molar-refractivity contribution in [3.63, 3.8) is 0 Å². The molecular weight excluding hydrogens is 592 g/mol. The molecule has 0 atom stereocenters. The molecule has 0 fully saturated rings. The van der Waals surface area contributed by atoms with Crippen molar-refractivity contribution in [2.75, 3.05) is 0 Å². The quantitative estimate of drug-likeness (QED) is 0.0626. The van der Waals surface area contributed by atoms with E-state index in [1.54, 1.807) is 0 Å². The summed E-state index contributed by atoms with van der Waals surface area (Å²) in [6.45, 7) is -3.07. The van der Waals surface area contributed by atoms with Gasteiger partial charge in [-0.15, -0.1) is 0 Å². The Balaban J connectivity index is -0.000000835. The van der Waals surface area contributed by atoms with Gasteiger partial charge in [0.15, 0.2) is 0 Å². The van der Waals surface area contributed by atoms with Gasteiger partial charge in [0.1, 0.15) is 5.75 Å². The van der Waals surface area contributed by atoms with Crippen LogP contribution in [-0.2, 0) is 55.9 Å². The first kappa shape index (κ1) is 41.2. The molecule has 0 spiro atoms. The Bertz CT molecular complexity index is 694. The fraction of sp³-hybridized carbons (Fsp3) is 0.750. The Labute approximate surface area is 241 Å². The summed E-state index contributed by atoms with van der Waals surface area (Å²) in [5, 5.41) is 10.3. The van der Waals surface area contributed by atoms with Crippen LogP contribution in [0.3, 0.4) is 0 Å². The molecule has 0 aromatic heterocycles. The van der Waals surface area contributed by atoms with Crippen LogP contribution in [0.2, 0.25) is 0 Å². The summed E-state index contributed by atoms with van der Waals surface area (Å²) in [4.78, 5) is 45.3. The van der Waals surface area contributed by atoms with Crippen LogP contribution in [0, 0.1) is 0 Å². The first-order chi connectivity index (χ1) is 16.3. The van der Waals surface area contributed by atoms with E-state index in [9.17, 15) is 5.11 Å². The minimum atomic E-state index is -3.81. The average Bonchev–Trinajstić information content (AvgIpc) is 2.71. The number of aryl methyl sites for hydroxylation is 1. The van der Waals surface area contributed by atoms with Crippen molar-refractivity contribution in [1.29, 1.82) is 0 Å². The first-order valence-electron chi connectivity index (χ1n) is 12.7. The number of phenolic OH excluding ortho intramolecular Hbond substituents is 1. The molecule has 0 amide bonds. The molecule has 0 radical (unpaired) electrons. The third-order valence-electron chi connectivity index (χ3n) is 5.33. The Morgan fingerprint density at radius 1 is 0.583 bits per heavy atom. The van der Waals surface area contributed by atoms with Gasteiger partial charge in [-0.1, -0.05) is 103 Å². The van der Waals surface area contributed by atoms with E-state index in [0.717, 1.165) is 12.8 Å². The van der Waals surface area contributed by atoms with Gasteiger partial charge in [0, 0.05) is 19.5 Å². The molecule has 0 bridgehead atoms. The Kier molecular flexibility index (Phi) is 29.7. The van der Waals surface area contributed by atoms with Crippen molar-refractivity contribution in [3.8, 4) is 5.75 Å². The van der Waals surface area contributed by atoms with E-state index >= 15 is 0 Å². The summed E-state index contributed by atoms with van der Waals surface area (Å²) in [6.07, 6.45) is 21.0. The summed E-state index contributed by atoms with van der Waals surface area (Å²) < 4.78 is 0. The monoisotopic (exact) mass is 638 g/mol. The molecule has 210 valence electrons. The molecule has 7 nitrogen and oxygen atoms in total. The number of benzene rings is 1. The van der Waals surface area contributed by atoms with E-state index in [-0.39, 0.29) is 19.5 Å². The standard InChI is InChI=1S/C24H42O.2H3O3PS.Zn/c1-3-5-7-9-11-13-15-18-22-19-17-21-24(25)23(22)20-16-14-12-10-8-6-4-2;2*1-4(2,3)5;/h17,19,21,25H,3-16,18,20H2,1-2H3;2*(H3,1,2,3,5);. The normalized spacial score (nSPS) is 11.0. The average molecular weight is 640 g/mol. The van der Waals surface area contributed by atoms with Crippen LogP contribution in [0.15, 0.2) is 18.2 Å². The summed E-state index contributed by atoms with van der Waals surface area (Å²) >= 11 is 7.21. The maximum absolute atomic E-state index is 10.3. The Morgan fingerprint density at radius 2 is 0.917 bits per heavy atom. The Morgan fingerprint density at radius 3 is 1.31 bits per heavy atom. The molecule has 0 saturated carbocycles. The van der Waals surface area contributed by atoms with Crippen LogP contribution in [-0.4, -0.2) is 34.5 Å². The first-order valence-corrected chi connectivity index (χ1v) is 18.0. The predicted molar refractivity (Wildman–Crippen MR) is 153 cm³/mol. The molecule has 0 aliphatic carbocycles. The minimum absolute atomic E-state index is 0. The number of phenols is 1. The van der Waals surface area contributed by atoms with Crippen LogP contribution in [0.5, 0.6) is 5.75 Å². The van der Waals surface area contributed by atoms with Crippen LogP contribution < -0.4 is 0 Å². The van der Waals surface area contributed by atoms with Crippen LogP contribution >= 0.6 is 13.4 Å². The van der Waals surface area contributed by atoms with E-state index in [2.05, 4.69) is 43.5 Å². The zero-order valence-corrected chi connectivity index (χ0v) is 28.5. The van der Waals surface area contributed by atoms with Gasteiger partial charge in [-0.05, 0) is 66.5 Å². The van der Waals surface area contributed by atoms with Crippen molar-refractivity contribution in [2.45, 2.75) is 117 Å². The number of rotatable bonds is 16. The topological polar surface area (TPSA) is 142 Å². The zero-order chi connectivity index (χ0) is 27.2. The van der Waals surface area contributed by atoms with Gasteiger partial charge >= 0.3 is 13.4 Å². The summed E-state index contributed by atoms with van der Waals surface area (Å²) in [6, 6.07) is 6.11. The molecule has 7 N–H and O–H groups in total. The van der Waals surface area contributed by atoms with Crippen molar-refractivity contribution < 1.29 is 53.9 Å². The van der Waals surface area contributed by atoms with Gasteiger partial charge in [0.25, 0.3) is 0 Å². The van der Waals surface area contributed by atoms with E-state index in [1.165, 1.54) is 101 Å². The molecule has 1 rings (SSSR count). The predicted octanol–water partition coefficient (Wildman–Crippen LogP) is 6.35. The van der Waals surface area contributed by atoms with Crippen LogP contribution in [0.25, 0.3) is 0 Å². The third-order valence-corrected chi connectivity index (χ3v) is 5.33. The molecule has 0 aliphatic rings. The van der Waals surface area contributed by atoms with Gasteiger partial charge in [-0.2, -0.15) is 0 Å². The fourth-order valence-electron chi connectivity index (χ4n) is 3.68. The molecule has 36 heavy (non-hydrogen) atoms. The summed E-state index contributed by atoms with van der Waals surface area (Å²) in [5.41, 5.74) is 2.61. The van der Waals surface area contributed by atoms with Crippen molar-refractivity contribution in [3.05, 3.63) is 29.3 Å². The van der Waals surface area contributed by atoms with Crippen LogP contribution in [0.1, 0.15) is 115 Å². The number of aromatic hydroxyl groups is 1. The number of unbranched alkanes of at least 4 members (excludes halogenated alkanes) is 12. The molecular formula is C24H48O7P2S2Zn. The third kappa shape index (κ3) is 36.9. The minimum Gasteiger partial charge on any atom is -0.508 e. The molecule has 0 unspecified atom stereocenters. The van der Waals surface area contributed by atoms with Crippen LogP contribution in [0.4, 0.5) is 0 Å². The van der Waals surface area contributed by atoms with Gasteiger partial charge in [0.05, 0.1) is 0 Å². The molecule has 0 saturated heterocycles. The van der Waals surface area contributed by atoms with E-state index in [4.69, 9.17) is 29.4 Å². The van der Waals surface area contributed by atoms with E-state index in [1.807, 2.05) is 12.1 Å². The smallest absolute Gasteiger partial charge is 0.319 e. The van der Waals surface area contributed by atoms with Crippen molar-refractivity contribution in [2.24, 2.45) is 0 Å². The van der Waals surface area contributed by atoms with E-state index in [0.29, 0.717) is 5.75 Å². The van der Waals surface area contributed by atoms with Gasteiger partial charge < -0.3 is 34.5 Å². The maximum Gasteiger partial charge on any atom is 0.319 e. The molecule has 1 aromatic carbocycles. The summed E-state index contributed by atoms with van der Waals surface area (Å²) in [7, 11) is 0. The second kappa shape index (κ2) is 26.0. The fourth-order valence-corrected chi connectivity index (χ4v) is 3.68. The van der Waals surface area contributed by atoms with Crippen molar-refractivity contribution >= 4 is 37.1 Å². The Hall–Kier alpha value is 0.703. The second-order valence-electron chi connectivity index (χ2n) is 8.68. The maximum atomic E-state index is 10.3. The zero-order valence-electron chi connectivity index (χ0n) is 22.1. The number of hydrogen-bond donors (Lipinski definition) is 7. The molecule has 0 heterocycles. The molecule has 0 aliphatic heterocycles. The van der Waals surface area contributed by atoms with E-state index < -0.39 is 13.4 Å². The largest absolute Gasteiger partial charge is 0.508 e.